The largest absolute Gasteiger partial charge is 0.390 e. The number of rotatable bonds is 12. The van der Waals surface area contributed by atoms with Gasteiger partial charge in [-0.1, -0.05) is 30.3 Å². The van der Waals surface area contributed by atoms with Crippen LogP contribution in [0.4, 0.5) is 11.4 Å². The predicted octanol–water partition coefficient (Wildman–Crippen LogP) is 3.04. The van der Waals surface area contributed by atoms with Gasteiger partial charge in [0.1, 0.15) is 0 Å². The first-order valence-electron chi connectivity index (χ1n) is 13.5. The third-order valence-corrected chi connectivity index (χ3v) is 9.31. The lowest BCUT2D eigenvalue weighted by molar-refractivity contribution is 0.0829. The number of carbonyl (C=O) groups excluding carboxylic acids is 1. The van der Waals surface area contributed by atoms with Crippen LogP contribution in [0.15, 0.2) is 59.2 Å². The molecule has 0 aliphatic carbocycles. The summed E-state index contributed by atoms with van der Waals surface area (Å²) in [6.07, 6.45) is 2.77. The van der Waals surface area contributed by atoms with Crippen molar-refractivity contribution in [3.63, 3.8) is 0 Å². The molecule has 10 nitrogen and oxygen atoms in total. The fourth-order valence-corrected chi connectivity index (χ4v) is 6.92. The Kier molecular flexibility index (Phi) is 10.2. The van der Waals surface area contributed by atoms with Gasteiger partial charge in [-0.2, -0.15) is 5.10 Å². The molecular formula is C28H37BrN6O4S. The van der Waals surface area contributed by atoms with E-state index in [4.69, 9.17) is 0 Å². The van der Waals surface area contributed by atoms with E-state index in [0.717, 1.165) is 22.2 Å². The molecule has 1 saturated heterocycles. The lowest BCUT2D eigenvalue weighted by Crippen LogP contribution is -2.48. The number of carbonyl (C=O) groups is 1. The van der Waals surface area contributed by atoms with E-state index in [2.05, 4.69) is 37.0 Å². The van der Waals surface area contributed by atoms with Crippen molar-refractivity contribution in [3.05, 3.63) is 76.0 Å². The SMILES string of the molecule is CCNc1cc(C(=O)N[C@@H](Cc2ccccc2)[C@H](O)CNCc2nn(C)cc2Br)cc(N2CCCCS2(=O)=O)c1. The fraction of sp³-hybridized carbons (Fsp3) is 0.429. The second-order valence-corrected chi connectivity index (χ2v) is 12.8. The molecule has 2 atom stereocenters. The van der Waals surface area contributed by atoms with Crippen LogP contribution in [0.5, 0.6) is 0 Å². The van der Waals surface area contributed by atoms with Crippen molar-refractivity contribution in [2.75, 3.05) is 35.0 Å². The molecule has 40 heavy (non-hydrogen) atoms. The van der Waals surface area contributed by atoms with Gasteiger partial charge in [-0.3, -0.25) is 13.8 Å². The molecule has 2 heterocycles. The van der Waals surface area contributed by atoms with Gasteiger partial charge in [0, 0.05) is 50.7 Å². The Hall–Kier alpha value is -2.93. The van der Waals surface area contributed by atoms with Crippen LogP contribution >= 0.6 is 15.9 Å². The van der Waals surface area contributed by atoms with Crippen LogP contribution in [0.25, 0.3) is 0 Å². The monoisotopic (exact) mass is 632 g/mol. The van der Waals surface area contributed by atoms with Gasteiger partial charge in [-0.05, 0) is 65.9 Å². The maximum absolute atomic E-state index is 13.6. The van der Waals surface area contributed by atoms with E-state index in [9.17, 15) is 18.3 Å². The van der Waals surface area contributed by atoms with Crippen molar-refractivity contribution in [2.24, 2.45) is 7.05 Å². The summed E-state index contributed by atoms with van der Waals surface area (Å²) in [5, 5.41) is 25.0. The minimum absolute atomic E-state index is 0.0907. The number of halogens is 1. The molecule has 0 spiro atoms. The maximum Gasteiger partial charge on any atom is 0.251 e. The number of aryl methyl sites for hydroxylation is 1. The minimum Gasteiger partial charge on any atom is -0.390 e. The molecule has 1 aliphatic rings. The van der Waals surface area contributed by atoms with Gasteiger partial charge in [0.15, 0.2) is 0 Å². The molecule has 1 amide bonds. The van der Waals surface area contributed by atoms with Crippen molar-refractivity contribution in [2.45, 2.75) is 44.9 Å². The minimum atomic E-state index is -3.45. The van der Waals surface area contributed by atoms with Crippen LogP contribution in [0, 0.1) is 0 Å². The van der Waals surface area contributed by atoms with E-state index in [1.54, 1.807) is 22.9 Å². The number of aliphatic hydroxyl groups is 1. The van der Waals surface area contributed by atoms with E-state index in [0.29, 0.717) is 49.4 Å². The predicted molar refractivity (Wildman–Crippen MR) is 161 cm³/mol. The van der Waals surface area contributed by atoms with E-state index < -0.39 is 22.2 Å². The van der Waals surface area contributed by atoms with Gasteiger partial charge in [0.25, 0.3) is 5.91 Å². The first-order valence-corrected chi connectivity index (χ1v) is 15.9. The summed E-state index contributed by atoms with van der Waals surface area (Å²) >= 11 is 3.49. The Morgan fingerprint density at radius 3 is 2.62 bits per heavy atom. The highest BCUT2D eigenvalue weighted by Crippen LogP contribution is 2.28. The Bertz CT molecular complexity index is 1400. The number of amides is 1. The van der Waals surface area contributed by atoms with E-state index in [1.807, 2.05) is 50.5 Å². The second-order valence-electron chi connectivity index (χ2n) is 9.96. The number of benzene rings is 2. The first kappa shape index (κ1) is 30.0. The number of anilines is 2. The molecule has 3 aromatic rings. The highest BCUT2D eigenvalue weighted by atomic mass is 79.9. The molecule has 4 rings (SSSR count). The average molecular weight is 634 g/mol. The topological polar surface area (TPSA) is 129 Å². The first-order chi connectivity index (χ1) is 19.2. The van der Waals surface area contributed by atoms with Crippen LogP contribution in [-0.2, 0) is 30.0 Å². The summed E-state index contributed by atoms with van der Waals surface area (Å²) in [7, 11) is -1.61. The van der Waals surface area contributed by atoms with Crippen molar-refractivity contribution in [3.8, 4) is 0 Å². The van der Waals surface area contributed by atoms with Crippen molar-refractivity contribution < 1.29 is 18.3 Å². The summed E-state index contributed by atoms with van der Waals surface area (Å²) in [6.45, 7) is 3.61. The standard InChI is InChI=1S/C28H37BrN6O4S/c1-3-31-22-14-21(15-23(16-22)35-11-7-8-12-40(35,38)39)28(37)32-25(13-20-9-5-4-6-10-20)27(36)18-30-17-26-24(29)19-34(2)33-26/h4-6,9-10,14-16,19,25,27,30-31,36H,3,7-8,11-13,17-18H2,1-2H3,(H,32,37)/t25-,27+/m0/s1. The normalized spacial score (nSPS) is 16.4. The molecule has 1 aliphatic heterocycles. The van der Waals surface area contributed by atoms with Crippen LogP contribution in [0.3, 0.4) is 0 Å². The van der Waals surface area contributed by atoms with Gasteiger partial charge in [-0.15, -0.1) is 0 Å². The Morgan fingerprint density at radius 1 is 1.18 bits per heavy atom. The van der Waals surface area contributed by atoms with Gasteiger partial charge < -0.3 is 21.1 Å². The number of aromatic nitrogens is 2. The van der Waals surface area contributed by atoms with Crippen molar-refractivity contribution in [1.29, 1.82) is 0 Å². The zero-order chi connectivity index (χ0) is 28.7. The van der Waals surface area contributed by atoms with Crippen molar-refractivity contribution >= 4 is 43.2 Å². The molecule has 1 aromatic heterocycles. The number of hydrogen-bond donors (Lipinski definition) is 4. The third-order valence-electron chi connectivity index (χ3n) is 6.78. The molecule has 2 aromatic carbocycles. The third kappa shape index (κ3) is 7.84. The summed E-state index contributed by atoms with van der Waals surface area (Å²) in [5.41, 5.74) is 3.24. The summed E-state index contributed by atoms with van der Waals surface area (Å²) in [5.74, 6) is -0.296. The number of nitrogens with one attached hydrogen (secondary N) is 3. The van der Waals surface area contributed by atoms with Crippen LogP contribution in [-0.4, -0.2) is 66.7 Å². The van der Waals surface area contributed by atoms with Gasteiger partial charge in [0.2, 0.25) is 10.0 Å². The Balaban J connectivity index is 1.54. The Labute approximate surface area is 244 Å². The van der Waals surface area contributed by atoms with Crippen LogP contribution < -0.4 is 20.3 Å². The summed E-state index contributed by atoms with van der Waals surface area (Å²) < 4.78 is 29.5. The average Bonchev–Trinajstić information content (AvgIpc) is 3.24. The summed E-state index contributed by atoms with van der Waals surface area (Å²) in [4.78, 5) is 13.6. The van der Waals surface area contributed by atoms with Gasteiger partial charge >= 0.3 is 0 Å². The fourth-order valence-electron chi connectivity index (χ4n) is 4.78. The summed E-state index contributed by atoms with van der Waals surface area (Å²) in [6, 6.07) is 14.2. The number of aliphatic hydroxyl groups excluding tert-OH is 1. The second kappa shape index (κ2) is 13.6. The zero-order valence-corrected chi connectivity index (χ0v) is 25.2. The molecule has 0 unspecified atom stereocenters. The van der Waals surface area contributed by atoms with Gasteiger partial charge in [0.05, 0.1) is 33.8 Å². The number of hydrogen-bond acceptors (Lipinski definition) is 7. The Morgan fingerprint density at radius 2 is 1.95 bits per heavy atom. The molecule has 0 radical (unpaired) electrons. The highest BCUT2D eigenvalue weighted by molar-refractivity contribution is 9.10. The molecule has 4 N–H and O–H groups in total. The van der Waals surface area contributed by atoms with Crippen LogP contribution in [0.1, 0.15) is 41.4 Å². The quantitative estimate of drug-likeness (QED) is 0.242. The van der Waals surface area contributed by atoms with E-state index in [1.165, 1.54) is 4.31 Å². The zero-order valence-electron chi connectivity index (χ0n) is 22.8. The molecule has 0 bridgehead atoms. The number of nitrogens with zero attached hydrogens (tertiary/aromatic N) is 3. The lowest BCUT2D eigenvalue weighted by Gasteiger charge is -2.29. The van der Waals surface area contributed by atoms with E-state index in [-0.39, 0.29) is 18.2 Å². The smallest absolute Gasteiger partial charge is 0.251 e. The molecule has 12 heteroatoms. The molecule has 1 fully saturated rings. The molecule has 0 saturated carbocycles. The highest BCUT2D eigenvalue weighted by Gasteiger charge is 2.28. The molecular weight excluding hydrogens is 596 g/mol. The van der Waals surface area contributed by atoms with Crippen molar-refractivity contribution in [1.82, 2.24) is 20.4 Å². The molecule has 216 valence electrons. The van der Waals surface area contributed by atoms with Crippen LogP contribution in [0.2, 0.25) is 0 Å². The van der Waals surface area contributed by atoms with Gasteiger partial charge in [-0.25, -0.2) is 8.42 Å². The lowest BCUT2D eigenvalue weighted by atomic mass is 10.00. The number of sulfonamides is 1. The van der Waals surface area contributed by atoms with E-state index >= 15 is 0 Å². The maximum atomic E-state index is 13.6.